The standard InChI is InChI=1S/C12H22N2S2/c1-3-10-5-8-15-11(14-10)13-9-12(2)6-4-7-16-12/h10H,3-9H2,1-2H3,(H,13,14). The van der Waals surface area contributed by atoms with E-state index in [9.17, 15) is 0 Å². The summed E-state index contributed by atoms with van der Waals surface area (Å²) in [7, 11) is 0. The third-order valence-corrected chi connectivity index (χ3v) is 5.87. The molecule has 16 heavy (non-hydrogen) atoms. The summed E-state index contributed by atoms with van der Waals surface area (Å²) in [6.45, 7) is 5.60. The summed E-state index contributed by atoms with van der Waals surface area (Å²) in [4.78, 5) is 4.78. The molecule has 92 valence electrons. The molecule has 0 radical (unpaired) electrons. The lowest BCUT2D eigenvalue weighted by atomic mass is 10.1. The molecule has 0 saturated carbocycles. The first-order valence-electron chi connectivity index (χ1n) is 6.29. The number of nitrogens with zero attached hydrogens (tertiary/aromatic N) is 1. The second-order valence-electron chi connectivity index (χ2n) is 4.91. The first kappa shape index (κ1) is 12.6. The van der Waals surface area contributed by atoms with Gasteiger partial charge < -0.3 is 5.32 Å². The van der Waals surface area contributed by atoms with Crippen molar-refractivity contribution in [2.75, 3.05) is 18.1 Å². The van der Waals surface area contributed by atoms with Gasteiger partial charge in [-0.05, 0) is 38.4 Å². The van der Waals surface area contributed by atoms with Gasteiger partial charge in [0, 0.05) is 16.5 Å². The molecule has 2 atom stereocenters. The summed E-state index contributed by atoms with van der Waals surface area (Å²) >= 11 is 3.99. The van der Waals surface area contributed by atoms with Gasteiger partial charge in [0.1, 0.15) is 0 Å². The third-order valence-electron chi connectivity index (χ3n) is 3.38. The van der Waals surface area contributed by atoms with Gasteiger partial charge in [-0.15, -0.1) is 0 Å². The lowest BCUT2D eigenvalue weighted by molar-refractivity contribution is 0.566. The summed E-state index contributed by atoms with van der Waals surface area (Å²) in [6, 6.07) is 0.657. The third kappa shape index (κ3) is 3.33. The quantitative estimate of drug-likeness (QED) is 0.841. The van der Waals surface area contributed by atoms with Gasteiger partial charge in [-0.2, -0.15) is 11.8 Å². The van der Waals surface area contributed by atoms with Crippen LogP contribution in [0.2, 0.25) is 0 Å². The fraction of sp³-hybridized carbons (Fsp3) is 0.917. The van der Waals surface area contributed by atoms with Crippen molar-refractivity contribution in [2.24, 2.45) is 4.99 Å². The second kappa shape index (κ2) is 5.67. The molecule has 0 spiro atoms. The van der Waals surface area contributed by atoms with Crippen LogP contribution in [-0.2, 0) is 0 Å². The second-order valence-corrected chi connectivity index (χ2v) is 7.68. The number of hydrogen-bond donors (Lipinski definition) is 1. The number of nitrogens with one attached hydrogen (secondary N) is 1. The molecule has 0 aromatic carbocycles. The van der Waals surface area contributed by atoms with Crippen molar-refractivity contribution in [1.82, 2.24) is 5.32 Å². The zero-order valence-electron chi connectivity index (χ0n) is 10.3. The summed E-state index contributed by atoms with van der Waals surface area (Å²) in [5.74, 6) is 2.55. The number of hydrogen-bond acceptors (Lipinski definition) is 3. The van der Waals surface area contributed by atoms with Gasteiger partial charge in [-0.3, -0.25) is 4.99 Å². The first-order chi connectivity index (χ1) is 7.72. The molecule has 0 amide bonds. The Labute approximate surface area is 107 Å². The van der Waals surface area contributed by atoms with E-state index in [2.05, 4.69) is 30.9 Å². The fourth-order valence-electron chi connectivity index (χ4n) is 2.18. The summed E-state index contributed by atoms with van der Waals surface area (Å²) in [6.07, 6.45) is 5.19. The number of amidine groups is 1. The molecule has 2 nitrogen and oxygen atoms in total. The van der Waals surface area contributed by atoms with Crippen molar-refractivity contribution >= 4 is 28.7 Å². The van der Waals surface area contributed by atoms with E-state index >= 15 is 0 Å². The molecule has 2 aliphatic rings. The molecule has 0 aromatic heterocycles. The number of aliphatic imine (C=N–C) groups is 1. The van der Waals surface area contributed by atoms with Crippen LogP contribution in [0.4, 0.5) is 0 Å². The van der Waals surface area contributed by atoms with Crippen molar-refractivity contribution in [3.63, 3.8) is 0 Å². The van der Waals surface area contributed by atoms with Crippen molar-refractivity contribution < 1.29 is 0 Å². The van der Waals surface area contributed by atoms with Gasteiger partial charge in [0.25, 0.3) is 0 Å². The molecule has 2 heterocycles. The first-order valence-corrected chi connectivity index (χ1v) is 8.27. The average Bonchev–Trinajstić information content (AvgIpc) is 2.75. The molecule has 2 fully saturated rings. The molecule has 0 aliphatic carbocycles. The van der Waals surface area contributed by atoms with E-state index in [0.29, 0.717) is 10.8 Å². The highest BCUT2D eigenvalue weighted by atomic mass is 32.2. The van der Waals surface area contributed by atoms with Gasteiger partial charge in [0.05, 0.1) is 6.54 Å². The van der Waals surface area contributed by atoms with Crippen molar-refractivity contribution in [2.45, 2.75) is 50.3 Å². The molecule has 1 N–H and O–H groups in total. The molecule has 2 aliphatic heterocycles. The van der Waals surface area contributed by atoms with E-state index in [0.717, 1.165) is 6.54 Å². The van der Waals surface area contributed by atoms with Crippen molar-refractivity contribution in [3.05, 3.63) is 0 Å². The van der Waals surface area contributed by atoms with E-state index in [4.69, 9.17) is 4.99 Å². The lowest BCUT2D eigenvalue weighted by Gasteiger charge is -2.26. The van der Waals surface area contributed by atoms with Gasteiger partial charge in [0.15, 0.2) is 5.17 Å². The van der Waals surface area contributed by atoms with Crippen LogP contribution >= 0.6 is 23.5 Å². The molecule has 0 aromatic rings. The van der Waals surface area contributed by atoms with Gasteiger partial charge in [0.2, 0.25) is 0 Å². The maximum Gasteiger partial charge on any atom is 0.156 e. The highest BCUT2D eigenvalue weighted by Gasteiger charge is 2.29. The molecular weight excluding hydrogens is 236 g/mol. The maximum absolute atomic E-state index is 4.78. The van der Waals surface area contributed by atoms with Crippen molar-refractivity contribution in [3.8, 4) is 0 Å². The van der Waals surface area contributed by atoms with Gasteiger partial charge >= 0.3 is 0 Å². The van der Waals surface area contributed by atoms with Crippen LogP contribution in [0.25, 0.3) is 0 Å². The minimum absolute atomic E-state index is 0.411. The SMILES string of the molecule is CCC1CCSC(=NCC2(C)CCCS2)N1. The Hall–Kier alpha value is 0.170. The lowest BCUT2D eigenvalue weighted by Crippen LogP contribution is -2.38. The highest BCUT2D eigenvalue weighted by Crippen LogP contribution is 2.38. The molecule has 2 saturated heterocycles. The number of thioether (sulfide) groups is 2. The molecule has 2 rings (SSSR count). The predicted molar refractivity (Wildman–Crippen MR) is 76.7 cm³/mol. The monoisotopic (exact) mass is 258 g/mol. The van der Waals surface area contributed by atoms with Gasteiger partial charge in [-0.25, -0.2) is 0 Å². The Balaban J connectivity index is 1.86. The van der Waals surface area contributed by atoms with E-state index in [-0.39, 0.29) is 0 Å². The van der Waals surface area contributed by atoms with Crippen LogP contribution in [0.3, 0.4) is 0 Å². The summed E-state index contributed by atoms with van der Waals surface area (Å²) in [5.41, 5.74) is 0. The van der Waals surface area contributed by atoms with E-state index in [1.807, 2.05) is 11.8 Å². The molecular formula is C12H22N2S2. The minimum atomic E-state index is 0.411. The minimum Gasteiger partial charge on any atom is -0.362 e. The van der Waals surface area contributed by atoms with Crippen LogP contribution in [0.5, 0.6) is 0 Å². The number of rotatable bonds is 3. The zero-order valence-corrected chi connectivity index (χ0v) is 11.9. The van der Waals surface area contributed by atoms with E-state index in [1.165, 1.54) is 42.4 Å². The molecule has 4 heteroatoms. The molecule has 0 bridgehead atoms. The van der Waals surface area contributed by atoms with E-state index < -0.39 is 0 Å². The molecule has 2 unspecified atom stereocenters. The van der Waals surface area contributed by atoms with E-state index in [1.54, 1.807) is 0 Å². The largest absolute Gasteiger partial charge is 0.362 e. The van der Waals surface area contributed by atoms with Crippen LogP contribution < -0.4 is 5.32 Å². The fourth-order valence-corrected chi connectivity index (χ4v) is 4.41. The summed E-state index contributed by atoms with van der Waals surface area (Å²) < 4.78 is 0.411. The highest BCUT2D eigenvalue weighted by molar-refractivity contribution is 8.13. The Morgan fingerprint density at radius 1 is 1.50 bits per heavy atom. The van der Waals surface area contributed by atoms with Crippen molar-refractivity contribution in [1.29, 1.82) is 0 Å². The maximum atomic E-state index is 4.78. The Morgan fingerprint density at radius 2 is 2.38 bits per heavy atom. The van der Waals surface area contributed by atoms with Gasteiger partial charge in [-0.1, -0.05) is 18.7 Å². The average molecular weight is 258 g/mol. The zero-order chi connectivity index (χ0) is 11.4. The summed E-state index contributed by atoms with van der Waals surface area (Å²) in [5, 5.41) is 4.73. The van der Waals surface area contributed by atoms with Crippen LogP contribution in [0.15, 0.2) is 4.99 Å². The normalized spacial score (nSPS) is 37.6. The predicted octanol–water partition coefficient (Wildman–Crippen LogP) is 3.13. The Morgan fingerprint density at radius 3 is 3.06 bits per heavy atom. The van der Waals surface area contributed by atoms with Crippen LogP contribution in [0, 0.1) is 0 Å². The van der Waals surface area contributed by atoms with Crippen LogP contribution in [0.1, 0.15) is 39.5 Å². The smallest absolute Gasteiger partial charge is 0.156 e. The Kier molecular flexibility index (Phi) is 4.48. The topological polar surface area (TPSA) is 24.4 Å². The van der Waals surface area contributed by atoms with Crippen LogP contribution in [-0.4, -0.2) is 34.0 Å². The Bertz CT molecular complexity index is 260.